The minimum Gasteiger partial charge on any atom is -0.392 e. The molecule has 0 fully saturated rings. The number of aliphatic hydroxyl groups excluding tert-OH is 1. The molecular weight excluding hydrogens is 192 g/mol. The van der Waals surface area contributed by atoms with Crippen molar-refractivity contribution in [1.82, 2.24) is 5.32 Å². The molecule has 0 aliphatic carbocycles. The van der Waals surface area contributed by atoms with E-state index in [0.29, 0.717) is 6.54 Å². The summed E-state index contributed by atoms with van der Waals surface area (Å²) in [6, 6.07) is 0.206. The van der Waals surface area contributed by atoms with Crippen LogP contribution < -0.4 is 11.1 Å². The Morgan fingerprint density at radius 1 is 1.33 bits per heavy atom. The standard InChI is InChI=1S/C11H24N2O2/c1-8(5-4-6-9(2)12)11(15)13-7-10(3)14/h8-10,14H,4-7,12H2,1-3H3,(H,13,15). The molecular formula is C11H24N2O2. The van der Waals surface area contributed by atoms with Crippen LogP contribution in [-0.2, 0) is 4.79 Å². The molecule has 0 aromatic rings. The van der Waals surface area contributed by atoms with Crippen LogP contribution in [0.15, 0.2) is 0 Å². The first-order valence-corrected chi connectivity index (χ1v) is 5.64. The minimum absolute atomic E-state index is 0.00231. The summed E-state index contributed by atoms with van der Waals surface area (Å²) in [4.78, 5) is 11.5. The van der Waals surface area contributed by atoms with Crippen LogP contribution in [0.3, 0.4) is 0 Å². The Balaban J connectivity index is 3.60. The molecule has 0 saturated heterocycles. The summed E-state index contributed by atoms with van der Waals surface area (Å²) < 4.78 is 0. The van der Waals surface area contributed by atoms with Gasteiger partial charge < -0.3 is 16.2 Å². The number of aliphatic hydroxyl groups is 1. The normalized spacial score (nSPS) is 16.9. The highest BCUT2D eigenvalue weighted by Gasteiger charge is 2.12. The molecule has 4 N–H and O–H groups in total. The molecule has 0 saturated carbocycles. The predicted octanol–water partition coefficient (Wildman–Crippen LogP) is 0.637. The first kappa shape index (κ1) is 14.4. The Morgan fingerprint density at radius 2 is 1.93 bits per heavy atom. The number of hydrogen-bond acceptors (Lipinski definition) is 3. The fraction of sp³-hybridized carbons (Fsp3) is 0.909. The van der Waals surface area contributed by atoms with E-state index in [1.54, 1.807) is 6.92 Å². The van der Waals surface area contributed by atoms with Crippen molar-refractivity contribution in [3.63, 3.8) is 0 Å². The monoisotopic (exact) mass is 216 g/mol. The van der Waals surface area contributed by atoms with Crippen LogP contribution in [-0.4, -0.2) is 29.7 Å². The van der Waals surface area contributed by atoms with Crippen LogP contribution in [0.1, 0.15) is 40.0 Å². The molecule has 0 aromatic heterocycles. The molecule has 0 heterocycles. The molecule has 0 rings (SSSR count). The molecule has 0 aromatic carbocycles. The topological polar surface area (TPSA) is 75.4 Å². The number of rotatable bonds is 7. The van der Waals surface area contributed by atoms with E-state index in [-0.39, 0.29) is 17.9 Å². The van der Waals surface area contributed by atoms with E-state index < -0.39 is 6.10 Å². The van der Waals surface area contributed by atoms with Gasteiger partial charge in [0.15, 0.2) is 0 Å². The van der Waals surface area contributed by atoms with Crippen molar-refractivity contribution >= 4 is 5.91 Å². The van der Waals surface area contributed by atoms with Gasteiger partial charge >= 0.3 is 0 Å². The summed E-state index contributed by atoms with van der Waals surface area (Å²) in [5.74, 6) is 0.0167. The second-order valence-electron chi connectivity index (χ2n) is 4.40. The number of hydrogen-bond donors (Lipinski definition) is 3. The summed E-state index contributed by atoms with van der Waals surface area (Å²) in [5.41, 5.74) is 5.62. The second-order valence-corrected chi connectivity index (χ2v) is 4.40. The van der Waals surface area contributed by atoms with E-state index in [4.69, 9.17) is 10.8 Å². The maximum absolute atomic E-state index is 11.5. The zero-order valence-corrected chi connectivity index (χ0v) is 9.99. The van der Waals surface area contributed by atoms with E-state index in [2.05, 4.69) is 5.32 Å². The van der Waals surface area contributed by atoms with Gasteiger partial charge in [0.05, 0.1) is 6.10 Å². The van der Waals surface area contributed by atoms with Crippen molar-refractivity contribution in [3.05, 3.63) is 0 Å². The van der Waals surface area contributed by atoms with E-state index in [1.165, 1.54) is 0 Å². The second kappa shape index (κ2) is 7.65. The number of amides is 1. The first-order chi connectivity index (χ1) is 6.93. The SMILES string of the molecule is CC(N)CCCC(C)C(=O)NCC(C)O. The largest absolute Gasteiger partial charge is 0.392 e. The van der Waals surface area contributed by atoms with E-state index in [0.717, 1.165) is 19.3 Å². The van der Waals surface area contributed by atoms with Gasteiger partial charge in [-0.15, -0.1) is 0 Å². The lowest BCUT2D eigenvalue weighted by atomic mass is 10.0. The molecule has 1 amide bonds. The van der Waals surface area contributed by atoms with Crippen molar-refractivity contribution in [3.8, 4) is 0 Å². The van der Waals surface area contributed by atoms with Crippen molar-refractivity contribution < 1.29 is 9.90 Å². The van der Waals surface area contributed by atoms with Gasteiger partial charge in [-0.25, -0.2) is 0 Å². The minimum atomic E-state index is -0.481. The lowest BCUT2D eigenvalue weighted by molar-refractivity contribution is -0.125. The number of carbonyl (C=O) groups is 1. The smallest absolute Gasteiger partial charge is 0.222 e. The fourth-order valence-electron chi connectivity index (χ4n) is 1.30. The average Bonchev–Trinajstić information content (AvgIpc) is 2.13. The van der Waals surface area contributed by atoms with Gasteiger partial charge in [-0.05, 0) is 26.7 Å². The quantitative estimate of drug-likeness (QED) is 0.584. The van der Waals surface area contributed by atoms with Gasteiger partial charge in [0.25, 0.3) is 0 Å². The molecule has 4 nitrogen and oxygen atoms in total. The van der Waals surface area contributed by atoms with Gasteiger partial charge in [0, 0.05) is 18.5 Å². The Bertz CT molecular complexity index is 181. The van der Waals surface area contributed by atoms with Crippen molar-refractivity contribution in [2.45, 2.75) is 52.2 Å². The van der Waals surface area contributed by atoms with Crippen LogP contribution in [0, 0.1) is 5.92 Å². The van der Waals surface area contributed by atoms with Crippen molar-refractivity contribution in [1.29, 1.82) is 0 Å². The molecule has 0 spiro atoms. The maximum Gasteiger partial charge on any atom is 0.222 e. The Hall–Kier alpha value is -0.610. The van der Waals surface area contributed by atoms with E-state index >= 15 is 0 Å². The highest BCUT2D eigenvalue weighted by Crippen LogP contribution is 2.08. The van der Waals surface area contributed by atoms with Crippen LogP contribution in [0.2, 0.25) is 0 Å². The van der Waals surface area contributed by atoms with Crippen LogP contribution in [0.5, 0.6) is 0 Å². The first-order valence-electron chi connectivity index (χ1n) is 5.64. The third-order valence-electron chi connectivity index (χ3n) is 2.32. The van der Waals surface area contributed by atoms with E-state index in [9.17, 15) is 4.79 Å². The van der Waals surface area contributed by atoms with Gasteiger partial charge in [-0.3, -0.25) is 4.79 Å². The summed E-state index contributed by atoms with van der Waals surface area (Å²) >= 11 is 0. The highest BCUT2D eigenvalue weighted by atomic mass is 16.3. The Kier molecular flexibility index (Phi) is 7.34. The molecule has 3 unspecified atom stereocenters. The lowest BCUT2D eigenvalue weighted by Gasteiger charge is -2.13. The number of carbonyl (C=O) groups excluding carboxylic acids is 1. The summed E-state index contributed by atoms with van der Waals surface area (Å²) in [6.45, 7) is 5.86. The lowest BCUT2D eigenvalue weighted by Crippen LogP contribution is -2.34. The van der Waals surface area contributed by atoms with Crippen LogP contribution >= 0.6 is 0 Å². The van der Waals surface area contributed by atoms with Gasteiger partial charge in [0.2, 0.25) is 5.91 Å². The van der Waals surface area contributed by atoms with Crippen molar-refractivity contribution in [2.75, 3.05) is 6.54 Å². The molecule has 90 valence electrons. The van der Waals surface area contributed by atoms with Gasteiger partial charge in [-0.2, -0.15) is 0 Å². The average molecular weight is 216 g/mol. The van der Waals surface area contributed by atoms with Crippen LogP contribution in [0.25, 0.3) is 0 Å². The number of nitrogens with two attached hydrogens (primary N) is 1. The summed E-state index contributed by atoms with van der Waals surface area (Å²) in [5, 5.41) is 11.7. The summed E-state index contributed by atoms with van der Waals surface area (Å²) in [7, 11) is 0. The van der Waals surface area contributed by atoms with Crippen LogP contribution in [0.4, 0.5) is 0 Å². The molecule has 3 atom stereocenters. The molecule has 15 heavy (non-hydrogen) atoms. The Morgan fingerprint density at radius 3 is 2.40 bits per heavy atom. The van der Waals surface area contributed by atoms with Gasteiger partial charge in [0.1, 0.15) is 0 Å². The third kappa shape index (κ3) is 8.39. The molecule has 0 aliphatic rings. The zero-order valence-electron chi connectivity index (χ0n) is 9.99. The van der Waals surface area contributed by atoms with Gasteiger partial charge in [-0.1, -0.05) is 13.3 Å². The molecule has 4 heteroatoms. The Labute approximate surface area is 92.2 Å². The summed E-state index contributed by atoms with van der Waals surface area (Å²) in [6.07, 6.45) is 2.30. The fourth-order valence-corrected chi connectivity index (χ4v) is 1.30. The highest BCUT2D eigenvalue weighted by molar-refractivity contribution is 5.78. The molecule has 0 aliphatic heterocycles. The van der Waals surface area contributed by atoms with Crippen molar-refractivity contribution in [2.24, 2.45) is 11.7 Å². The predicted molar refractivity (Wildman–Crippen MR) is 61.4 cm³/mol. The zero-order chi connectivity index (χ0) is 11.8. The molecule has 0 radical (unpaired) electrons. The van der Waals surface area contributed by atoms with E-state index in [1.807, 2.05) is 13.8 Å². The number of nitrogens with one attached hydrogen (secondary N) is 1. The third-order valence-corrected chi connectivity index (χ3v) is 2.32. The molecule has 0 bridgehead atoms. The maximum atomic E-state index is 11.5.